The molecule has 0 N–H and O–H groups in total. The summed E-state index contributed by atoms with van der Waals surface area (Å²) in [6, 6.07) is 1.64. The maximum Gasteiger partial charge on any atom is 0.255 e. The van der Waals surface area contributed by atoms with Gasteiger partial charge < -0.3 is 9.80 Å². The second kappa shape index (κ2) is 7.32. The van der Waals surface area contributed by atoms with Gasteiger partial charge in [0.25, 0.3) is 5.91 Å². The molecule has 0 atom stereocenters. The zero-order chi connectivity index (χ0) is 17.0. The number of nitrogens with zero attached hydrogens (tertiary/aromatic N) is 4. The van der Waals surface area contributed by atoms with Crippen LogP contribution in [0.3, 0.4) is 0 Å². The molecule has 0 aliphatic rings. The fourth-order valence-corrected chi connectivity index (χ4v) is 3.21. The highest BCUT2D eigenvalue weighted by atomic mass is 32.1. The van der Waals surface area contributed by atoms with Crippen molar-refractivity contribution >= 4 is 29.3 Å². The lowest BCUT2D eigenvalue weighted by molar-refractivity contribution is -0.107. The highest BCUT2D eigenvalue weighted by Gasteiger charge is 2.18. The molecule has 0 fully saturated rings. The van der Waals surface area contributed by atoms with Crippen LogP contribution in [0.4, 0.5) is 5.69 Å². The first kappa shape index (κ1) is 17.1. The molecule has 0 bridgehead atoms. The summed E-state index contributed by atoms with van der Waals surface area (Å²) in [6.45, 7) is 4.56. The van der Waals surface area contributed by atoms with Crippen LogP contribution >= 0.6 is 11.3 Å². The molecule has 0 unspecified atom stereocenters. The largest absolute Gasteiger partial charge is 0.341 e. The summed E-state index contributed by atoms with van der Waals surface area (Å²) in [6.07, 6.45) is 4.51. The van der Waals surface area contributed by atoms with E-state index >= 15 is 0 Å². The molecule has 0 spiro atoms. The summed E-state index contributed by atoms with van der Waals surface area (Å²) < 4.78 is 0. The minimum Gasteiger partial charge on any atom is -0.341 e. The number of aryl methyl sites for hydroxylation is 2. The highest BCUT2D eigenvalue weighted by Crippen LogP contribution is 2.20. The molecular weight excluding hydrogens is 312 g/mol. The summed E-state index contributed by atoms with van der Waals surface area (Å²) in [5.41, 5.74) is 2.00. The quantitative estimate of drug-likeness (QED) is 0.760. The van der Waals surface area contributed by atoms with Gasteiger partial charge in [0, 0.05) is 38.1 Å². The Morgan fingerprint density at radius 1 is 1.35 bits per heavy atom. The van der Waals surface area contributed by atoms with Crippen LogP contribution in [0, 0.1) is 13.8 Å². The van der Waals surface area contributed by atoms with E-state index in [9.17, 15) is 9.59 Å². The van der Waals surface area contributed by atoms with Crippen LogP contribution in [0.1, 0.15) is 25.9 Å². The van der Waals surface area contributed by atoms with E-state index < -0.39 is 0 Å². The van der Waals surface area contributed by atoms with E-state index in [1.807, 2.05) is 13.8 Å². The van der Waals surface area contributed by atoms with E-state index in [0.29, 0.717) is 24.2 Å². The number of amides is 2. The van der Waals surface area contributed by atoms with E-state index in [1.165, 1.54) is 16.0 Å². The van der Waals surface area contributed by atoms with Crippen LogP contribution in [0.5, 0.6) is 0 Å². The van der Waals surface area contributed by atoms with E-state index in [2.05, 4.69) is 9.97 Å². The monoisotopic (exact) mass is 332 g/mol. The Morgan fingerprint density at radius 2 is 2.09 bits per heavy atom. The molecule has 122 valence electrons. The van der Waals surface area contributed by atoms with E-state index in [4.69, 9.17) is 0 Å². The van der Waals surface area contributed by atoms with Crippen molar-refractivity contribution in [2.45, 2.75) is 20.3 Å². The van der Waals surface area contributed by atoms with Crippen LogP contribution in [-0.2, 0) is 11.2 Å². The van der Waals surface area contributed by atoms with Crippen molar-refractivity contribution in [3.63, 3.8) is 0 Å². The van der Waals surface area contributed by atoms with E-state index in [1.54, 1.807) is 42.6 Å². The molecule has 23 heavy (non-hydrogen) atoms. The zero-order valence-electron chi connectivity index (χ0n) is 13.7. The molecule has 2 amide bonds. The summed E-state index contributed by atoms with van der Waals surface area (Å²) in [7, 11) is 3.36. The molecule has 2 aromatic rings. The Hall–Kier alpha value is -2.28. The molecule has 0 saturated carbocycles. The lowest BCUT2D eigenvalue weighted by Gasteiger charge is -2.20. The number of likely N-dealkylation sites (N-methyl/N-ethyl adjacent to an activating group) is 1. The van der Waals surface area contributed by atoms with Crippen molar-refractivity contribution in [2.24, 2.45) is 0 Å². The van der Waals surface area contributed by atoms with Crippen molar-refractivity contribution in [2.75, 3.05) is 25.5 Å². The van der Waals surface area contributed by atoms with Crippen LogP contribution < -0.4 is 4.90 Å². The van der Waals surface area contributed by atoms with Crippen molar-refractivity contribution in [1.82, 2.24) is 14.9 Å². The molecule has 0 radical (unpaired) electrons. The smallest absolute Gasteiger partial charge is 0.255 e. The third-order valence-electron chi connectivity index (χ3n) is 3.59. The van der Waals surface area contributed by atoms with Crippen molar-refractivity contribution in [1.29, 1.82) is 0 Å². The SMILES string of the molecule is Cc1nc(C)c(CCN(C)C(=O)c2ccncc2N(C)C=O)s1. The van der Waals surface area contributed by atoms with Crippen LogP contribution in [0.15, 0.2) is 18.5 Å². The van der Waals surface area contributed by atoms with Gasteiger partial charge in [0.15, 0.2) is 0 Å². The van der Waals surface area contributed by atoms with Gasteiger partial charge in [-0.1, -0.05) is 0 Å². The summed E-state index contributed by atoms with van der Waals surface area (Å²) in [4.78, 5) is 36.2. The Labute approximate surface area is 139 Å². The molecule has 0 saturated heterocycles. The Balaban J connectivity index is 2.11. The number of carbonyl (C=O) groups excluding carboxylic acids is 2. The number of anilines is 1. The van der Waals surface area contributed by atoms with Gasteiger partial charge in [0.2, 0.25) is 6.41 Å². The topological polar surface area (TPSA) is 66.4 Å². The molecule has 7 heteroatoms. The summed E-state index contributed by atoms with van der Waals surface area (Å²) in [5, 5.41) is 1.04. The average Bonchev–Trinajstić information content (AvgIpc) is 2.88. The van der Waals surface area contributed by atoms with Crippen LogP contribution in [0.2, 0.25) is 0 Å². The molecule has 0 aromatic carbocycles. The first-order valence-electron chi connectivity index (χ1n) is 7.24. The first-order chi connectivity index (χ1) is 10.9. The van der Waals surface area contributed by atoms with Gasteiger partial charge >= 0.3 is 0 Å². The third-order valence-corrected chi connectivity index (χ3v) is 4.72. The van der Waals surface area contributed by atoms with E-state index in [-0.39, 0.29) is 5.91 Å². The Kier molecular flexibility index (Phi) is 5.44. The Morgan fingerprint density at radius 3 is 2.70 bits per heavy atom. The lowest BCUT2D eigenvalue weighted by Crippen LogP contribution is -2.30. The molecule has 2 heterocycles. The lowest BCUT2D eigenvalue weighted by atomic mass is 10.2. The molecular formula is C16H20N4O2S. The van der Waals surface area contributed by atoms with Gasteiger partial charge in [-0.2, -0.15) is 0 Å². The fourth-order valence-electron chi connectivity index (χ4n) is 2.29. The molecule has 0 aliphatic heterocycles. The molecule has 2 rings (SSSR count). The Bertz CT molecular complexity index is 714. The molecule has 0 aliphatic carbocycles. The maximum atomic E-state index is 12.6. The highest BCUT2D eigenvalue weighted by molar-refractivity contribution is 7.11. The van der Waals surface area contributed by atoms with Crippen molar-refractivity contribution in [3.8, 4) is 0 Å². The van der Waals surface area contributed by atoms with E-state index in [0.717, 1.165) is 17.1 Å². The summed E-state index contributed by atoms with van der Waals surface area (Å²) >= 11 is 1.66. The molecule has 6 nitrogen and oxygen atoms in total. The summed E-state index contributed by atoms with van der Waals surface area (Å²) in [5.74, 6) is -0.130. The number of hydrogen-bond acceptors (Lipinski definition) is 5. The second-order valence-corrected chi connectivity index (χ2v) is 6.62. The number of carbonyl (C=O) groups is 2. The third kappa shape index (κ3) is 3.92. The van der Waals surface area contributed by atoms with Crippen LogP contribution in [-0.4, -0.2) is 47.8 Å². The van der Waals surface area contributed by atoms with Gasteiger partial charge in [-0.3, -0.25) is 14.6 Å². The minimum atomic E-state index is -0.130. The predicted octanol–water partition coefficient (Wildman–Crippen LogP) is 2.06. The van der Waals surface area contributed by atoms with Gasteiger partial charge in [-0.15, -0.1) is 11.3 Å². The fraction of sp³-hybridized carbons (Fsp3) is 0.375. The van der Waals surface area contributed by atoms with Crippen molar-refractivity contribution < 1.29 is 9.59 Å². The van der Waals surface area contributed by atoms with Gasteiger partial charge in [-0.25, -0.2) is 4.98 Å². The second-order valence-electron chi connectivity index (χ2n) is 5.33. The number of hydrogen-bond donors (Lipinski definition) is 0. The standard InChI is InChI=1S/C16H20N4O2S/c1-11-15(23-12(2)18-11)6-8-19(3)16(22)13-5-7-17-9-14(13)20(4)10-21/h5,7,9-10H,6,8H2,1-4H3. The number of thiazole rings is 1. The maximum absolute atomic E-state index is 12.6. The predicted molar refractivity (Wildman–Crippen MR) is 91.0 cm³/mol. The minimum absolute atomic E-state index is 0.130. The van der Waals surface area contributed by atoms with Crippen molar-refractivity contribution in [3.05, 3.63) is 39.6 Å². The van der Waals surface area contributed by atoms with Gasteiger partial charge in [0.1, 0.15) is 0 Å². The average molecular weight is 332 g/mol. The first-order valence-corrected chi connectivity index (χ1v) is 8.06. The number of aromatic nitrogens is 2. The van der Waals surface area contributed by atoms with Crippen LogP contribution in [0.25, 0.3) is 0 Å². The van der Waals surface area contributed by atoms with Gasteiger partial charge in [-0.05, 0) is 19.9 Å². The zero-order valence-corrected chi connectivity index (χ0v) is 14.6. The normalized spacial score (nSPS) is 10.4. The molecule has 2 aromatic heterocycles. The van der Waals surface area contributed by atoms with Gasteiger partial charge in [0.05, 0.1) is 28.1 Å². The number of pyridine rings is 1. The number of rotatable bonds is 6.